The molecule has 2 aromatic carbocycles. The van der Waals surface area contributed by atoms with Crippen LogP contribution in [-0.4, -0.2) is 10.5 Å². The predicted octanol–water partition coefficient (Wildman–Crippen LogP) is 5.76. The Kier molecular flexibility index (Phi) is 5.94. The van der Waals surface area contributed by atoms with E-state index in [1.807, 2.05) is 92.3 Å². The van der Waals surface area contributed by atoms with E-state index in [0.717, 1.165) is 28.1 Å². The van der Waals surface area contributed by atoms with Crippen molar-refractivity contribution in [3.8, 4) is 11.4 Å². The smallest absolute Gasteiger partial charge is 0.287 e. The van der Waals surface area contributed by atoms with Crippen molar-refractivity contribution in [1.29, 1.82) is 0 Å². The van der Waals surface area contributed by atoms with Crippen LogP contribution in [0.2, 0.25) is 0 Å². The lowest BCUT2D eigenvalue weighted by molar-refractivity contribution is 0.0907. The van der Waals surface area contributed by atoms with E-state index in [2.05, 4.69) is 5.32 Å². The topological polar surface area (TPSA) is 56.4 Å². The molecule has 0 aliphatic rings. The van der Waals surface area contributed by atoms with E-state index in [9.17, 15) is 4.79 Å². The van der Waals surface area contributed by atoms with E-state index in [1.165, 1.54) is 0 Å². The number of furan rings is 1. The summed E-state index contributed by atoms with van der Waals surface area (Å²) < 4.78 is 13.6. The third-order valence-electron chi connectivity index (χ3n) is 5.24. The first kappa shape index (κ1) is 20.5. The Bertz CT molecular complexity index is 1160. The molecule has 0 fully saturated rings. The molecule has 2 heterocycles. The van der Waals surface area contributed by atoms with Crippen molar-refractivity contribution in [2.24, 2.45) is 0 Å². The third kappa shape index (κ3) is 4.89. The Labute approximate surface area is 182 Å². The van der Waals surface area contributed by atoms with Crippen molar-refractivity contribution in [1.82, 2.24) is 9.88 Å². The lowest BCUT2D eigenvalue weighted by atomic mass is 10.1. The molecular formula is C26H26N2O3. The van der Waals surface area contributed by atoms with Crippen LogP contribution in [0, 0.1) is 13.8 Å². The maximum absolute atomic E-state index is 12.6. The number of carbonyl (C=O) groups excluding carboxylic acids is 1. The van der Waals surface area contributed by atoms with Crippen LogP contribution in [0.1, 0.15) is 46.0 Å². The van der Waals surface area contributed by atoms with E-state index >= 15 is 0 Å². The number of hydrogen-bond donors (Lipinski definition) is 1. The van der Waals surface area contributed by atoms with E-state index in [-0.39, 0.29) is 24.3 Å². The fourth-order valence-corrected chi connectivity index (χ4v) is 3.38. The van der Waals surface area contributed by atoms with E-state index in [4.69, 9.17) is 9.15 Å². The highest BCUT2D eigenvalue weighted by Gasteiger charge is 2.15. The number of amides is 1. The van der Waals surface area contributed by atoms with Gasteiger partial charge in [-0.25, -0.2) is 0 Å². The monoisotopic (exact) mass is 414 g/mol. The van der Waals surface area contributed by atoms with Crippen LogP contribution in [-0.2, 0) is 6.61 Å². The van der Waals surface area contributed by atoms with Gasteiger partial charge >= 0.3 is 0 Å². The highest BCUT2D eigenvalue weighted by atomic mass is 16.5. The highest BCUT2D eigenvalue weighted by Crippen LogP contribution is 2.21. The molecule has 4 aromatic rings. The number of nitrogens with one attached hydrogen (secondary N) is 1. The molecule has 4 rings (SSSR count). The Morgan fingerprint density at radius 1 is 1.03 bits per heavy atom. The summed E-state index contributed by atoms with van der Waals surface area (Å²) in [4.78, 5) is 12.6. The fourth-order valence-electron chi connectivity index (χ4n) is 3.38. The number of rotatable bonds is 7. The zero-order valence-corrected chi connectivity index (χ0v) is 18.0. The SMILES string of the molecule is Cc1ccc(C)c(OCc2ccc(C(=O)NC(C)c3ccc(-n4cccc4)cc3)o2)c1. The van der Waals surface area contributed by atoms with Gasteiger partial charge in [0.1, 0.15) is 18.1 Å². The summed E-state index contributed by atoms with van der Waals surface area (Å²) in [6.07, 6.45) is 4.00. The molecule has 158 valence electrons. The number of aryl methyl sites for hydroxylation is 2. The lowest BCUT2D eigenvalue weighted by Gasteiger charge is -2.14. The molecule has 1 N–H and O–H groups in total. The molecule has 0 saturated heterocycles. The standard InChI is InChI=1S/C26H26N2O3/c1-18-6-7-19(2)25(16-18)30-17-23-12-13-24(31-23)26(29)27-20(3)21-8-10-22(11-9-21)28-14-4-5-15-28/h4-16,20H,17H2,1-3H3,(H,27,29). The van der Waals surface area contributed by atoms with Crippen molar-refractivity contribution in [2.45, 2.75) is 33.4 Å². The molecule has 31 heavy (non-hydrogen) atoms. The predicted molar refractivity (Wildman–Crippen MR) is 121 cm³/mol. The second-order valence-corrected chi connectivity index (χ2v) is 7.70. The maximum Gasteiger partial charge on any atom is 0.287 e. The van der Waals surface area contributed by atoms with Crippen LogP contribution in [0.25, 0.3) is 5.69 Å². The molecule has 5 nitrogen and oxygen atoms in total. The van der Waals surface area contributed by atoms with Crippen molar-refractivity contribution in [2.75, 3.05) is 0 Å². The van der Waals surface area contributed by atoms with Gasteiger partial charge in [0, 0.05) is 18.1 Å². The minimum atomic E-state index is -0.250. The van der Waals surface area contributed by atoms with Gasteiger partial charge in [0.15, 0.2) is 5.76 Å². The first-order chi connectivity index (χ1) is 15.0. The maximum atomic E-state index is 12.6. The number of ether oxygens (including phenoxy) is 1. The van der Waals surface area contributed by atoms with Crippen molar-refractivity contribution >= 4 is 5.91 Å². The molecule has 5 heteroatoms. The van der Waals surface area contributed by atoms with Crippen LogP contribution in [0.15, 0.2) is 83.5 Å². The zero-order chi connectivity index (χ0) is 21.8. The van der Waals surface area contributed by atoms with Crippen LogP contribution >= 0.6 is 0 Å². The average molecular weight is 415 g/mol. The largest absolute Gasteiger partial charge is 0.485 e. The van der Waals surface area contributed by atoms with Gasteiger partial charge in [-0.1, -0.05) is 24.3 Å². The minimum Gasteiger partial charge on any atom is -0.485 e. The molecule has 0 aliphatic heterocycles. The van der Waals surface area contributed by atoms with Crippen LogP contribution in [0.3, 0.4) is 0 Å². The van der Waals surface area contributed by atoms with Crippen LogP contribution < -0.4 is 10.1 Å². The molecule has 1 unspecified atom stereocenters. The highest BCUT2D eigenvalue weighted by molar-refractivity contribution is 5.91. The summed E-state index contributed by atoms with van der Waals surface area (Å²) >= 11 is 0. The summed E-state index contributed by atoms with van der Waals surface area (Å²) in [6, 6.07) is 21.5. The number of carbonyl (C=O) groups is 1. The normalized spacial score (nSPS) is 11.8. The average Bonchev–Trinajstić information content (AvgIpc) is 3.47. The molecule has 2 aromatic heterocycles. The molecule has 0 spiro atoms. The number of nitrogens with zero attached hydrogens (tertiary/aromatic N) is 1. The van der Waals surface area contributed by atoms with Gasteiger partial charge in [-0.3, -0.25) is 4.79 Å². The molecule has 0 radical (unpaired) electrons. The van der Waals surface area contributed by atoms with E-state index in [0.29, 0.717) is 5.76 Å². The first-order valence-electron chi connectivity index (χ1n) is 10.3. The number of benzene rings is 2. The Morgan fingerprint density at radius 2 is 1.77 bits per heavy atom. The van der Waals surface area contributed by atoms with Crippen molar-refractivity contribution in [3.63, 3.8) is 0 Å². The Hall–Kier alpha value is -3.73. The molecule has 0 bridgehead atoms. The third-order valence-corrected chi connectivity index (χ3v) is 5.24. The summed E-state index contributed by atoms with van der Waals surface area (Å²) in [7, 11) is 0. The van der Waals surface area contributed by atoms with Crippen LogP contribution in [0.5, 0.6) is 5.75 Å². The Morgan fingerprint density at radius 3 is 2.52 bits per heavy atom. The second kappa shape index (κ2) is 8.96. The zero-order valence-electron chi connectivity index (χ0n) is 18.0. The van der Waals surface area contributed by atoms with Gasteiger partial charge in [-0.15, -0.1) is 0 Å². The molecule has 0 aliphatic carbocycles. The fraction of sp³-hybridized carbons (Fsp3) is 0.192. The number of aromatic nitrogens is 1. The summed E-state index contributed by atoms with van der Waals surface area (Å²) in [6.45, 7) is 6.25. The van der Waals surface area contributed by atoms with Crippen molar-refractivity contribution < 1.29 is 13.9 Å². The minimum absolute atomic E-state index is 0.147. The Balaban J connectivity index is 1.35. The first-order valence-corrected chi connectivity index (χ1v) is 10.3. The quantitative estimate of drug-likeness (QED) is 0.418. The van der Waals surface area contributed by atoms with E-state index in [1.54, 1.807) is 12.1 Å². The second-order valence-electron chi connectivity index (χ2n) is 7.70. The molecule has 1 atom stereocenters. The molecular weight excluding hydrogens is 388 g/mol. The van der Waals surface area contributed by atoms with Gasteiger partial charge in [-0.2, -0.15) is 0 Å². The summed E-state index contributed by atoms with van der Waals surface area (Å²) in [5.74, 6) is 1.45. The summed E-state index contributed by atoms with van der Waals surface area (Å²) in [5.41, 5.74) is 4.29. The van der Waals surface area contributed by atoms with Gasteiger partial charge in [-0.05, 0) is 79.9 Å². The number of hydrogen-bond acceptors (Lipinski definition) is 3. The summed E-state index contributed by atoms with van der Waals surface area (Å²) in [5, 5.41) is 2.99. The van der Waals surface area contributed by atoms with Gasteiger partial charge < -0.3 is 19.0 Å². The van der Waals surface area contributed by atoms with Crippen molar-refractivity contribution in [3.05, 3.63) is 107 Å². The molecule has 1 amide bonds. The van der Waals surface area contributed by atoms with Gasteiger partial charge in [0.05, 0.1) is 6.04 Å². The van der Waals surface area contributed by atoms with Gasteiger partial charge in [0.25, 0.3) is 5.91 Å². The van der Waals surface area contributed by atoms with Crippen LogP contribution in [0.4, 0.5) is 0 Å². The van der Waals surface area contributed by atoms with Gasteiger partial charge in [0.2, 0.25) is 0 Å². The lowest BCUT2D eigenvalue weighted by Crippen LogP contribution is -2.26. The van der Waals surface area contributed by atoms with E-state index < -0.39 is 0 Å². The molecule has 0 saturated carbocycles.